The summed E-state index contributed by atoms with van der Waals surface area (Å²) in [5.41, 5.74) is 5.91. The molecule has 1 aliphatic heterocycles. The molecule has 1 N–H and O–H groups in total. The first kappa shape index (κ1) is 21.4. The van der Waals surface area contributed by atoms with Crippen LogP contribution >= 0.6 is 11.8 Å². The average molecular weight is 430 g/mol. The van der Waals surface area contributed by atoms with Crippen LogP contribution in [0.3, 0.4) is 0 Å². The number of fused-ring (bicyclic) bond motifs is 1. The Morgan fingerprint density at radius 2 is 2.03 bits per heavy atom. The van der Waals surface area contributed by atoms with Gasteiger partial charge in [0.1, 0.15) is 6.04 Å². The molecule has 0 aromatic heterocycles. The molecule has 0 aromatic rings. The second kappa shape index (κ2) is 7.70. The molecule has 5 nitrogen and oxygen atoms in total. The molecule has 30 heavy (non-hydrogen) atoms. The summed E-state index contributed by atoms with van der Waals surface area (Å²) < 4.78 is 0. The fraction of sp³-hybridized carbons (Fsp3) is 0.625. The Kier molecular flexibility index (Phi) is 5.50. The normalized spacial score (nSPS) is 28.2. The Hall–Kier alpha value is -1.82. The number of thioether (sulfide) groups is 1. The Morgan fingerprint density at radius 3 is 2.67 bits per heavy atom. The van der Waals surface area contributed by atoms with Gasteiger partial charge in [0, 0.05) is 40.9 Å². The molecule has 1 saturated carbocycles. The lowest BCUT2D eigenvalue weighted by Gasteiger charge is -2.32. The molecule has 1 spiro atoms. The van der Waals surface area contributed by atoms with Crippen LogP contribution in [0, 0.1) is 17.3 Å². The molecule has 1 heterocycles. The number of nitrogens with zero attached hydrogens (tertiary/aromatic N) is 1. The highest BCUT2D eigenvalue weighted by atomic mass is 32.2. The van der Waals surface area contributed by atoms with E-state index >= 15 is 0 Å². The van der Waals surface area contributed by atoms with Crippen molar-refractivity contribution in [1.82, 2.24) is 4.90 Å². The molecule has 1 saturated heterocycles. The van der Waals surface area contributed by atoms with E-state index in [-0.39, 0.29) is 28.9 Å². The number of carbonyl (C=O) groups is 3. The van der Waals surface area contributed by atoms with Crippen LogP contribution < -0.4 is 0 Å². The van der Waals surface area contributed by atoms with E-state index in [0.29, 0.717) is 18.7 Å². The van der Waals surface area contributed by atoms with Crippen molar-refractivity contribution in [3.8, 4) is 0 Å². The highest BCUT2D eigenvalue weighted by Crippen LogP contribution is 2.63. The summed E-state index contributed by atoms with van der Waals surface area (Å²) >= 11 is 1.71. The maximum Gasteiger partial charge on any atom is 0.326 e. The van der Waals surface area contributed by atoms with Crippen molar-refractivity contribution >= 4 is 29.4 Å². The lowest BCUT2D eigenvalue weighted by molar-refractivity contribution is -0.149. The number of likely N-dealkylation sites (tertiary alicyclic amines) is 1. The van der Waals surface area contributed by atoms with Crippen molar-refractivity contribution in [3.63, 3.8) is 0 Å². The lowest BCUT2D eigenvalue weighted by Crippen LogP contribution is -2.43. The maximum absolute atomic E-state index is 13.0. The smallest absolute Gasteiger partial charge is 0.326 e. The number of amides is 1. The van der Waals surface area contributed by atoms with Crippen LogP contribution in [0.1, 0.15) is 53.4 Å². The van der Waals surface area contributed by atoms with Gasteiger partial charge in [-0.25, -0.2) is 4.79 Å². The van der Waals surface area contributed by atoms with Gasteiger partial charge in [-0.2, -0.15) is 11.8 Å². The number of carbonyl (C=O) groups excluding carboxylic acids is 2. The van der Waals surface area contributed by atoms with Gasteiger partial charge in [-0.1, -0.05) is 19.4 Å². The molecular formula is C24H31NO4S. The first-order valence-corrected chi connectivity index (χ1v) is 12.1. The van der Waals surface area contributed by atoms with Gasteiger partial charge in [0.15, 0.2) is 5.78 Å². The van der Waals surface area contributed by atoms with Crippen molar-refractivity contribution in [2.75, 3.05) is 18.1 Å². The fourth-order valence-electron chi connectivity index (χ4n) is 5.52. The van der Waals surface area contributed by atoms with Crippen LogP contribution in [0.2, 0.25) is 0 Å². The first-order chi connectivity index (χ1) is 14.2. The van der Waals surface area contributed by atoms with Crippen molar-refractivity contribution in [2.45, 2.75) is 59.4 Å². The standard InChI is InChI=1S/C24H31NO4S/c1-13-10-17-20(15(3)24(7-8-24)16(4)21(17)26)18(13)12-30-11-14(2)22(27)25-9-5-6-19(25)23(28)29/h10,14,16,19H,5-9,11-12H2,1-4H3,(H,28,29)/t14-,16-,19?/m1/s1. The zero-order valence-electron chi connectivity index (χ0n) is 18.3. The van der Waals surface area contributed by atoms with Gasteiger partial charge in [-0.3, -0.25) is 9.59 Å². The second-order valence-electron chi connectivity index (χ2n) is 9.41. The Labute approximate surface area is 182 Å². The minimum absolute atomic E-state index is 0.0580. The molecule has 0 aromatic carbocycles. The maximum atomic E-state index is 13.0. The van der Waals surface area contributed by atoms with Gasteiger partial charge < -0.3 is 10.0 Å². The minimum atomic E-state index is -0.904. The zero-order valence-corrected chi connectivity index (χ0v) is 19.1. The van der Waals surface area contributed by atoms with Crippen LogP contribution in [0.25, 0.3) is 0 Å². The summed E-state index contributed by atoms with van der Waals surface area (Å²) in [4.78, 5) is 38.7. The third-order valence-corrected chi connectivity index (χ3v) is 8.89. The van der Waals surface area contributed by atoms with Gasteiger partial charge >= 0.3 is 5.97 Å². The molecule has 162 valence electrons. The largest absolute Gasteiger partial charge is 0.480 e. The van der Waals surface area contributed by atoms with E-state index in [0.717, 1.165) is 36.2 Å². The number of rotatable bonds is 6. The summed E-state index contributed by atoms with van der Waals surface area (Å²) in [6.45, 7) is 8.79. The van der Waals surface area contributed by atoms with Crippen molar-refractivity contribution in [1.29, 1.82) is 0 Å². The van der Waals surface area contributed by atoms with Gasteiger partial charge in [-0.15, -0.1) is 0 Å². The molecule has 0 radical (unpaired) electrons. The van der Waals surface area contributed by atoms with E-state index in [2.05, 4.69) is 26.8 Å². The van der Waals surface area contributed by atoms with Crippen LogP contribution in [-0.4, -0.2) is 51.8 Å². The summed E-state index contributed by atoms with van der Waals surface area (Å²) in [5.74, 6) is 0.599. The van der Waals surface area contributed by atoms with E-state index in [1.807, 2.05) is 6.92 Å². The van der Waals surface area contributed by atoms with E-state index in [1.165, 1.54) is 21.6 Å². The SMILES string of the molecule is CC1=C(CSC[C@@H](C)C(=O)N2CCCC2C(=O)O)C2=C(C)C3(CC3)[C@H](C)C(=O)C2=C1. The number of allylic oxidation sites excluding steroid dienone is 5. The van der Waals surface area contributed by atoms with Gasteiger partial charge in [0.25, 0.3) is 0 Å². The third-order valence-electron chi connectivity index (χ3n) is 7.66. The molecule has 4 aliphatic rings. The predicted octanol–water partition coefficient (Wildman–Crippen LogP) is 4.00. The molecule has 3 atom stereocenters. The van der Waals surface area contributed by atoms with Crippen molar-refractivity contribution in [2.24, 2.45) is 17.3 Å². The zero-order chi connectivity index (χ0) is 21.8. The molecule has 4 rings (SSSR count). The van der Waals surface area contributed by atoms with Gasteiger partial charge in [0.05, 0.1) is 0 Å². The summed E-state index contributed by atoms with van der Waals surface area (Å²) in [6, 6.07) is -0.672. The van der Waals surface area contributed by atoms with E-state index < -0.39 is 12.0 Å². The number of aliphatic carboxylic acids is 1. The topological polar surface area (TPSA) is 74.7 Å². The Bertz CT molecular complexity index is 908. The van der Waals surface area contributed by atoms with Crippen molar-refractivity contribution < 1.29 is 19.5 Å². The molecular weight excluding hydrogens is 398 g/mol. The third kappa shape index (κ3) is 3.28. The average Bonchev–Trinajstić information content (AvgIpc) is 3.23. The Balaban J connectivity index is 1.42. The van der Waals surface area contributed by atoms with Gasteiger partial charge in [-0.05, 0) is 62.3 Å². The Morgan fingerprint density at radius 1 is 1.33 bits per heavy atom. The number of hydrogen-bond donors (Lipinski definition) is 1. The van der Waals surface area contributed by atoms with Crippen molar-refractivity contribution in [3.05, 3.63) is 33.9 Å². The monoisotopic (exact) mass is 429 g/mol. The van der Waals surface area contributed by atoms with E-state index in [9.17, 15) is 19.5 Å². The van der Waals surface area contributed by atoms with Crippen LogP contribution in [0.15, 0.2) is 33.9 Å². The number of Topliss-reactive ketones (excluding diaryl/α,β-unsaturated/α-hetero) is 1. The first-order valence-electron chi connectivity index (χ1n) is 11.0. The summed E-state index contributed by atoms with van der Waals surface area (Å²) in [7, 11) is 0. The summed E-state index contributed by atoms with van der Waals surface area (Å²) in [5, 5.41) is 9.34. The van der Waals surface area contributed by atoms with E-state index in [4.69, 9.17) is 0 Å². The summed E-state index contributed by atoms with van der Waals surface area (Å²) in [6.07, 6.45) is 5.56. The van der Waals surface area contributed by atoms with Crippen LogP contribution in [0.4, 0.5) is 0 Å². The molecule has 1 unspecified atom stereocenters. The van der Waals surface area contributed by atoms with Gasteiger partial charge in [0.2, 0.25) is 5.91 Å². The molecule has 6 heteroatoms. The molecule has 3 aliphatic carbocycles. The van der Waals surface area contributed by atoms with Crippen LogP contribution in [-0.2, 0) is 14.4 Å². The number of carboxylic acids is 1. The molecule has 1 amide bonds. The van der Waals surface area contributed by atoms with E-state index in [1.54, 1.807) is 11.8 Å². The predicted molar refractivity (Wildman–Crippen MR) is 118 cm³/mol. The second-order valence-corrected chi connectivity index (χ2v) is 10.4. The highest BCUT2D eigenvalue weighted by molar-refractivity contribution is 7.99. The highest BCUT2D eigenvalue weighted by Gasteiger charge is 2.56. The van der Waals surface area contributed by atoms with Crippen LogP contribution in [0.5, 0.6) is 0 Å². The molecule has 2 fully saturated rings. The fourth-order valence-corrected chi connectivity index (χ4v) is 6.71. The molecule has 0 bridgehead atoms. The minimum Gasteiger partial charge on any atom is -0.480 e. The number of ketones is 1. The quantitative estimate of drug-likeness (QED) is 0.691. The number of carboxylic acid groups (broad SMARTS) is 1. The lowest BCUT2D eigenvalue weighted by atomic mass is 9.70. The number of hydrogen-bond acceptors (Lipinski definition) is 4.